The average Bonchev–Trinajstić information content (AvgIpc) is 3.17. The lowest BCUT2D eigenvalue weighted by atomic mass is 10.0. The van der Waals surface area contributed by atoms with Crippen molar-refractivity contribution in [2.75, 3.05) is 0 Å². The molecule has 0 fully saturated rings. The lowest BCUT2D eigenvalue weighted by Gasteiger charge is -2.17. The Labute approximate surface area is 202 Å². The number of imidazole rings is 1. The van der Waals surface area contributed by atoms with E-state index in [4.69, 9.17) is 4.74 Å². The van der Waals surface area contributed by atoms with Gasteiger partial charge in [-0.25, -0.2) is 4.79 Å². The van der Waals surface area contributed by atoms with E-state index >= 15 is 0 Å². The normalized spacial score (nSPS) is 12.0. The highest BCUT2D eigenvalue weighted by atomic mass is 16.5. The molecule has 1 aromatic heterocycles. The number of benzene rings is 3. The van der Waals surface area contributed by atoms with Crippen LogP contribution in [0.25, 0.3) is 11.4 Å². The molecule has 34 heavy (non-hydrogen) atoms. The fourth-order valence-electron chi connectivity index (χ4n) is 5.13. The number of aromatic nitrogens is 2. The van der Waals surface area contributed by atoms with Gasteiger partial charge in [-0.3, -0.25) is 0 Å². The maximum absolute atomic E-state index is 13.0. The molecule has 174 valence electrons. The third-order valence-corrected chi connectivity index (χ3v) is 6.27. The first-order chi connectivity index (χ1) is 16.2. The standard InChI is InChI=1S/C30H33N2O2/c1-19-15-21(3)27(22(4)16-19)31-13-14-32(28-23(5)17-20(2)18-24(28)6)29(31)25(7)34-30(33)26-11-9-8-10-12-26/h8-18,25H,1-7H3/q+1. The van der Waals surface area contributed by atoms with Crippen LogP contribution < -0.4 is 4.57 Å². The van der Waals surface area contributed by atoms with Crippen LogP contribution in [0.2, 0.25) is 0 Å². The molecule has 0 radical (unpaired) electrons. The fraction of sp³-hybridized carbons (Fsp3) is 0.267. The van der Waals surface area contributed by atoms with E-state index in [0.717, 1.165) is 17.2 Å². The smallest absolute Gasteiger partial charge is 0.339 e. The second-order valence-electron chi connectivity index (χ2n) is 9.30. The second-order valence-corrected chi connectivity index (χ2v) is 9.30. The van der Waals surface area contributed by atoms with E-state index in [9.17, 15) is 4.79 Å². The van der Waals surface area contributed by atoms with Gasteiger partial charge in [0.25, 0.3) is 0 Å². The van der Waals surface area contributed by atoms with Crippen molar-refractivity contribution in [3.8, 4) is 11.4 Å². The van der Waals surface area contributed by atoms with Gasteiger partial charge in [-0.05, 0) is 82.9 Å². The van der Waals surface area contributed by atoms with Crippen LogP contribution in [-0.2, 0) is 4.74 Å². The third kappa shape index (κ3) is 4.41. The Morgan fingerprint density at radius 2 is 1.35 bits per heavy atom. The molecule has 4 nitrogen and oxygen atoms in total. The summed E-state index contributed by atoms with van der Waals surface area (Å²) >= 11 is 0. The number of hydrogen-bond donors (Lipinski definition) is 0. The molecule has 4 aromatic rings. The average molecular weight is 454 g/mol. The minimum absolute atomic E-state index is 0.331. The number of carbonyl (C=O) groups is 1. The molecule has 0 aliphatic carbocycles. The molecule has 1 atom stereocenters. The number of carbonyl (C=O) groups excluding carboxylic acids is 1. The molecule has 0 amide bonds. The molecule has 0 aliphatic rings. The molecule has 0 saturated carbocycles. The lowest BCUT2D eigenvalue weighted by molar-refractivity contribution is -0.608. The van der Waals surface area contributed by atoms with Crippen molar-refractivity contribution in [3.05, 3.63) is 112 Å². The maximum atomic E-state index is 13.0. The molecule has 3 aromatic carbocycles. The summed E-state index contributed by atoms with van der Waals surface area (Å²) in [5, 5.41) is 0. The summed E-state index contributed by atoms with van der Waals surface area (Å²) < 4.78 is 10.4. The van der Waals surface area contributed by atoms with Gasteiger partial charge in [0.1, 0.15) is 23.8 Å². The van der Waals surface area contributed by atoms with Crippen LogP contribution in [0.15, 0.2) is 67.0 Å². The summed E-state index contributed by atoms with van der Waals surface area (Å²) in [6, 6.07) is 17.9. The van der Waals surface area contributed by atoms with Gasteiger partial charge in [-0.15, -0.1) is 0 Å². The molecule has 0 bridgehead atoms. The number of hydrogen-bond acceptors (Lipinski definition) is 2. The van der Waals surface area contributed by atoms with E-state index in [1.807, 2.05) is 25.1 Å². The number of rotatable bonds is 5. The van der Waals surface area contributed by atoms with Gasteiger partial charge < -0.3 is 4.74 Å². The summed E-state index contributed by atoms with van der Waals surface area (Å²) in [5.74, 6) is 0.566. The van der Waals surface area contributed by atoms with E-state index in [0.29, 0.717) is 5.56 Å². The Morgan fingerprint density at radius 3 is 1.91 bits per heavy atom. The van der Waals surface area contributed by atoms with Crippen LogP contribution in [0.5, 0.6) is 0 Å². The van der Waals surface area contributed by atoms with Crippen LogP contribution in [0.4, 0.5) is 0 Å². The largest absolute Gasteiger partial charge is 0.446 e. The van der Waals surface area contributed by atoms with Crippen LogP contribution in [0.3, 0.4) is 0 Å². The minimum Gasteiger partial charge on any atom is -0.446 e. The van der Waals surface area contributed by atoms with Gasteiger partial charge in [0, 0.05) is 0 Å². The molecule has 0 N–H and O–H groups in total. The van der Waals surface area contributed by atoms with Gasteiger partial charge in [0.05, 0.1) is 5.56 Å². The van der Waals surface area contributed by atoms with Crippen LogP contribution in [0.1, 0.15) is 62.6 Å². The fourth-order valence-corrected chi connectivity index (χ4v) is 5.13. The van der Waals surface area contributed by atoms with Crippen molar-refractivity contribution in [1.82, 2.24) is 4.57 Å². The van der Waals surface area contributed by atoms with Crippen molar-refractivity contribution < 1.29 is 14.1 Å². The first kappa shape index (κ1) is 23.5. The van der Waals surface area contributed by atoms with E-state index < -0.39 is 6.10 Å². The van der Waals surface area contributed by atoms with E-state index in [2.05, 4.69) is 87.3 Å². The van der Waals surface area contributed by atoms with Gasteiger partial charge in [0.2, 0.25) is 6.10 Å². The Bertz CT molecular complexity index is 1250. The molecule has 0 aliphatic heterocycles. The van der Waals surface area contributed by atoms with Gasteiger partial charge in [-0.1, -0.05) is 53.6 Å². The molecular weight excluding hydrogens is 420 g/mol. The van der Waals surface area contributed by atoms with Crippen molar-refractivity contribution in [3.63, 3.8) is 0 Å². The zero-order valence-electron chi connectivity index (χ0n) is 21.1. The van der Waals surface area contributed by atoms with Crippen molar-refractivity contribution in [2.45, 2.75) is 54.6 Å². The Morgan fingerprint density at radius 1 is 0.824 bits per heavy atom. The lowest BCUT2D eigenvalue weighted by Crippen LogP contribution is -2.38. The van der Waals surface area contributed by atoms with E-state index in [1.54, 1.807) is 12.1 Å². The Hall–Kier alpha value is -3.66. The number of aryl methyl sites for hydroxylation is 6. The molecular formula is C30H33N2O2+. The van der Waals surface area contributed by atoms with Crippen molar-refractivity contribution in [1.29, 1.82) is 0 Å². The van der Waals surface area contributed by atoms with Gasteiger partial charge in [0.15, 0.2) is 0 Å². The summed E-state index contributed by atoms with van der Waals surface area (Å²) in [6.45, 7) is 14.7. The molecule has 4 rings (SSSR count). The molecule has 0 spiro atoms. The highest BCUT2D eigenvalue weighted by Gasteiger charge is 2.32. The zero-order chi connectivity index (χ0) is 24.6. The topological polar surface area (TPSA) is 35.1 Å². The highest BCUT2D eigenvalue weighted by Crippen LogP contribution is 2.28. The zero-order valence-corrected chi connectivity index (χ0v) is 21.1. The minimum atomic E-state index is -0.483. The van der Waals surface area contributed by atoms with Crippen LogP contribution >= 0.6 is 0 Å². The van der Waals surface area contributed by atoms with Gasteiger partial charge >= 0.3 is 11.8 Å². The van der Waals surface area contributed by atoms with E-state index in [-0.39, 0.29) is 5.97 Å². The number of nitrogens with zero attached hydrogens (tertiary/aromatic N) is 2. The predicted molar refractivity (Wildman–Crippen MR) is 136 cm³/mol. The molecule has 4 heteroatoms. The number of ether oxygens (including phenoxy) is 1. The summed E-state index contributed by atoms with van der Waals surface area (Å²) in [5.41, 5.74) is 9.96. The molecule has 1 heterocycles. The summed E-state index contributed by atoms with van der Waals surface area (Å²) in [7, 11) is 0. The van der Waals surface area contributed by atoms with Crippen molar-refractivity contribution in [2.24, 2.45) is 0 Å². The maximum Gasteiger partial charge on any atom is 0.339 e. The molecule has 1 unspecified atom stereocenters. The second kappa shape index (κ2) is 9.30. The van der Waals surface area contributed by atoms with Crippen LogP contribution in [-0.4, -0.2) is 10.5 Å². The SMILES string of the molecule is Cc1cc(C)c(-n2cc[n+](-c3c(C)cc(C)cc3C)c2C(C)OC(=O)c2ccccc2)c(C)c1. The van der Waals surface area contributed by atoms with E-state index in [1.165, 1.54) is 33.4 Å². The third-order valence-electron chi connectivity index (χ3n) is 6.27. The Kier molecular flexibility index (Phi) is 6.43. The quantitative estimate of drug-likeness (QED) is 0.255. The monoisotopic (exact) mass is 453 g/mol. The Balaban J connectivity index is 1.90. The van der Waals surface area contributed by atoms with Crippen LogP contribution in [0, 0.1) is 41.5 Å². The predicted octanol–water partition coefficient (Wildman–Crippen LogP) is 6.52. The summed E-state index contributed by atoms with van der Waals surface area (Å²) in [6.07, 6.45) is 3.67. The first-order valence-corrected chi connectivity index (χ1v) is 11.7. The molecule has 0 saturated heterocycles. The van der Waals surface area contributed by atoms with Gasteiger partial charge in [-0.2, -0.15) is 9.13 Å². The van der Waals surface area contributed by atoms with Crippen molar-refractivity contribution >= 4 is 5.97 Å². The summed E-state index contributed by atoms with van der Waals surface area (Å²) in [4.78, 5) is 13.0. The highest BCUT2D eigenvalue weighted by molar-refractivity contribution is 5.89. The number of esters is 1. The first-order valence-electron chi connectivity index (χ1n) is 11.7.